The number of aliphatic hydroxyl groups excluding tert-OH is 1. The molecule has 1 aliphatic carbocycles. The Morgan fingerprint density at radius 2 is 2.33 bits per heavy atom. The zero-order chi connectivity index (χ0) is 9.14. The Morgan fingerprint density at radius 3 is 2.75 bits per heavy atom. The van der Waals surface area contributed by atoms with Crippen LogP contribution in [-0.2, 0) is 4.79 Å². The molecule has 0 fully saturated rings. The Bertz CT molecular complexity index is 209. The summed E-state index contributed by atoms with van der Waals surface area (Å²) in [6.45, 7) is 2.34. The predicted molar refractivity (Wildman–Crippen MR) is 46.6 cm³/mol. The minimum Gasteiger partial charge on any atom is -0.392 e. The summed E-state index contributed by atoms with van der Waals surface area (Å²) in [5.41, 5.74) is 1.04. The van der Waals surface area contributed by atoms with Crippen molar-refractivity contribution in [3.63, 3.8) is 0 Å². The number of rotatable bonds is 3. The number of nitrogens with zero attached hydrogens (tertiary/aromatic N) is 1. The fourth-order valence-corrected chi connectivity index (χ4v) is 1.40. The summed E-state index contributed by atoms with van der Waals surface area (Å²) >= 11 is 0. The number of aliphatic hydroxyl groups is 1. The number of carbonyl (C=O) groups is 1. The minimum atomic E-state index is -0.341. The Morgan fingerprint density at radius 1 is 1.67 bits per heavy atom. The van der Waals surface area contributed by atoms with Crippen LogP contribution in [0.2, 0.25) is 0 Å². The second-order valence-corrected chi connectivity index (χ2v) is 3.33. The van der Waals surface area contributed by atoms with Crippen LogP contribution >= 0.6 is 0 Å². The van der Waals surface area contributed by atoms with Gasteiger partial charge in [-0.15, -0.1) is 0 Å². The summed E-state index contributed by atoms with van der Waals surface area (Å²) in [5.74, 6) is 0.197. The van der Waals surface area contributed by atoms with Gasteiger partial charge in [-0.05, 0) is 13.3 Å². The first-order valence-corrected chi connectivity index (χ1v) is 4.22. The Kier molecular flexibility index (Phi) is 2.87. The quantitative estimate of drug-likeness (QED) is 0.670. The molecule has 0 radical (unpaired) electrons. The zero-order valence-corrected chi connectivity index (χ0v) is 7.58. The van der Waals surface area contributed by atoms with E-state index in [4.69, 9.17) is 5.11 Å². The molecule has 0 saturated carbocycles. The van der Waals surface area contributed by atoms with Gasteiger partial charge in [-0.3, -0.25) is 4.79 Å². The molecule has 0 aromatic heterocycles. The molecule has 1 unspecified atom stereocenters. The molecule has 0 amide bonds. The smallest absolute Gasteiger partial charge is 0.157 e. The van der Waals surface area contributed by atoms with Crippen LogP contribution in [-0.4, -0.2) is 35.5 Å². The molecule has 0 aliphatic heterocycles. The van der Waals surface area contributed by atoms with E-state index in [2.05, 4.69) is 0 Å². The van der Waals surface area contributed by atoms with Crippen molar-refractivity contribution in [3.8, 4) is 0 Å². The Hall–Kier alpha value is -0.830. The molecule has 0 aromatic carbocycles. The monoisotopic (exact) mass is 169 g/mol. The normalized spacial score (nSPS) is 19.2. The fraction of sp³-hybridized carbons (Fsp3) is 0.667. The van der Waals surface area contributed by atoms with Crippen molar-refractivity contribution in [2.24, 2.45) is 0 Å². The van der Waals surface area contributed by atoms with Crippen LogP contribution in [0.3, 0.4) is 0 Å². The summed E-state index contributed by atoms with van der Waals surface area (Å²) in [7, 11) is 1.90. The second kappa shape index (κ2) is 3.72. The van der Waals surface area contributed by atoms with Crippen LogP contribution in [0.15, 0.2) is 11.8 Å². The standard InChI is InChI=1S/C9H15NO2/c1-7(11)6-10(2)8-3-4-9(12)5-8/h5,7,11H,3-4,6H2,1-2H3. The molecule has 0 saturated heterocycles. The SMILES string of the molecule is CC(O)CN(C)C1=CC(=O)CC1. The molecular formula is C9H15NO2. The molecule has 1 aliphatic rings. The maximum Gasteiger partial charge on any atom is 0.157 e. The molecule has 0 bridgehead atoms. The van der Waals surface area contributed by atoms with E-state index in [0.717, 1.165) is 12.1 Å². The third-order valence-corrected chi connectivity index (χ3v) is 1.98. The maximum absolute atomic E-state index is 10.9. The molecule has 0 heterocycles. The average Bonchev–Trinajstić information content (AvgIpc) is 2.34. The van der Waals surface area contributed by atoms with Crippen molar-refractivity contribution in [2.45, 2.75) is 25.9 Å². The topological polar surface area (TPSA) is 40.5 Å². The lowest BCUT2D eigenvalue weighted by atomic mass is 10.3. The van der Waals surface area contributed by atoms with Gasteiger partial charge in [0.2, 0.25) is 0 Å². The van der Waals surface area contributed by atoms with Crippen LogP contribution in [0, 0.1) is 0 Å². The highest BCUT2D eigenvalue weighted by Gasteiger charge is 2.15. The first kappa shape index (κ1) is 9.26. The van der Waals surface area contributed by atoms with Gasteiger partial charge in [-0.2, -0.15) is 0 Å². The lowest BCUT2D eigenvalue weighted by Crippen LogP contribution is -2.25. The molecule has 1 atom stereocenters. The summed E-state index contributed by atoms with van der Waals surface area (Å²) in [5, 5.41) is 9.10. The van der Waals surface area contributed by atoms with E-state index in [0.29, 0.717) is 13.0 Å². The number of ketones is 1. The van der Waals surface area contributed by atoms with Gasteiger partial charge in [0.1, 0.15) is 0 Å². The Labute approximate surface area is 72.7 Å². The van der Waals surface area contributed by atoms with Gasteiger partial charge in [-0.1, -0.05) is 0 Å². The first-order chi connectivity index (χ1) is 5.59. The number of likely N-dealkylation sites (N-methyl/N-ethyl adjacent to an activating group) is 1. The van der Waals surface area contributed by atoms with Gasteiger partial charge in [0, 0.05) is 31.8 Å². The van der Waals surface area contributed by atoms with E-state index in [1.54, 1.807) is 13.0 Å². The van der Waals surface area contributed by atoms with E-state index >= 15 is 0 Å². The molecule has 0 aromatic rings. The van der Waals surface area contributed by atoms with Crippen molar-refractivity contribution in [1.82, 2.24) is 4.90 Å². The van der Waals surface area contributed by atoms with Gasteiger partial charge < -0.3 is 10.0 Å². The number of allylic oxidation sites excluding steroid dienone is 2. The van der Waals surface area contributed by atoms with E-state index in [1.807, 2.05) is 11.9 Å². The molecule has 12 heavy (non-hydrogen) atoms. The molecule has 0 spiro atoms. The zero-order valence-electron chi connectivity index (χ0n) is 7.58. The van der Waals surface area contributed by atoms with Crippen molar-refractivity contribution < 1.29 is 9.90 Å². The van der Waals surface area contributed by atoms with Crippen LogP contribution in [0.4, 0.5) is 0 Å². The van der Waals surface area contributed by atoms with Crippen molar-refractivity contribution in [3.05, 3.63) is 11.8 Å². The third kappa shape index (κ3) is 2.34. The lowest BCUT2D eigenvalue weighted by Gasteiger charge is -2.21. The summed E-state index contributed by atoms with van der Waals surface area (Å²) in [6, 6.07) is 0. The average molecular weight is 169 g/mol. The minimum absolute atomic E-state index is 0.197. The summed E-state index contributed by atoms with van der Waals surface area (Å²) in [6.07, 6.45) is 2.77. The van der Waals surface area contributed by atoms with Crippen molar-refractivity contribution in [1.29, 1.82) is 0 Å². The van der Waals surface area contributed by atoms with Gasteiger partial charge in [0.15, 0.2) is 5.78 Å². The molecule has 1 rings (SSSR count). The highest BCUT2D eigenvalue weighted by molar-refractivity contribution is 5.92. The van der Waals surface area contributed by atoms with Crippen molar-refractivity contribution in [2.75, 3.05) is 13.6 Å². The van der Waals surface area contributed by atoms with Crippen LogP contribution in [0.25, 0.3) is 0 Å². The first-order valence-electron chi connectivity index (χ1n) is 4.22. The van der Waals surface area contributed by atoms with E-state index in [1.165, 1.54) is 0 Å². The summed E-state index contributed by atoms with van der Waals surface area (Å²) < 4.78 is 0. The van der Waals surface area contributed by atoms with Crippen LogP contribution in [0.5, 0.6) is 0 Å². The van der Waals surface area contributed by atoms with Crippen LogP contribution in [0.1, 0.15) is 19.8 Å². The number of carbonyl (C=O) groups excluding carboxylic acids is 1. The largest absolute Gasteiger partial charge is 0.392 e. The van der Waals surface area contributed by atoms with Gasteiger partial charge >= 0.3 is 0 Å². The number of hydrogen-bond donors (Lipinski definition) is 1. The highest BCUT2D eigenvalue weighted by Crippen LogP contribution is 2.17. The molecular weight excluding hydrogens is 154 g/mol. The van der Waals surface area contributed by atoms with Gasteiger partial charge in [0.05, 0.1) is 6.10 Å². The van der Waals surface area contributed by atoms with Crippen molar-refractivity contribution >= 4 is 5.78 Å². The highest BCUT2D eigenvalue weighted by atomic mass is 16.3. The van der Waals surface area contributed by atoms with Crippen LogP contribution < -0.4 is 0 Å². The van der Waals surface area contributed by atoms with Gasteiger partial charge in [-0.25, -0.2) is 0 Å². The van der Waals surface area contributed by atoms with E-state index in [9.17, 15) is 4.79 Å². The molecule has 3 heteroatoms. The maximum atomic E-state index is 10.9. The molecule has 68 valence electrons. The van der Waals surface area contributed by atoms with E-state index in [-0.39, 0.29) is 11.9 Å². The Balaban J connectivity index is 2.47. The van der Waals surface area contributed by atoms with Gasteiger partial charge in [0.25, 0.3) is 0 Å². The predicted octanol–water partition coefficient (Wildman–Crippen LogP) is 0.546. The lowest BCUT2D eigenvalue weighted by molar-refractivity contribution is -0.114. The molecule has 1 N–H and O–H groups in total. The number of hydrogen-bond acceptors (Lipinski definition) is 3. The second-order valence-electron chi connectivity index (χ2n) is 3.33. The summed E-state index contributed by atoms with van der Waals surface area (Å²) in [4.78, 5) is 12.8. The molecule has 3 nitrogen and oxygen atoms in total. The third-order valence-electron chi connectivity index (χ3n) is 1.98. The fourth-order valence-electron chi connectivity index (χ4n) is 1.40. The van der Waals surface area contributed by atoms with E-state index < -0.39 is 0 Å².